The molecular weight excluding hydrogens is 243 g/mol. The Kier molecular flexibility index (Phi) is 4.89. The number of rotatable bonds is 4. The third-order valence-corrected chi connectivity index (χ3v) is 3.62. The van der Waals surface area contributed by atoms with Gasteiger partial charge in [0.15, 0.2) is 0 Å². The van der Waals surface area contributed by atoms with E-state index in [1.807, 2.05) is 13.1 Å². The van der Waals surface area contributed by atoms with Crippen LogP contribution in [0.1, 0.15) is 36.8 Å². The minimum atomic E-state index is -0.383. The second-order valence-corrected chi connectivity index (χ2v) is 4.99. The van der Waals surface area contributed by atoms with Crippen molar-refractivity contribution >= 4 is 0 Å². The molecule has 0 radical (unpaired) electrons. The van der Waals surface area contributed by atoms with E-state index in [0.29, 0.717) is 18.2 Å². The first-order valence-corrected chi connectivity index (χ1v) is 6.71. The Morgan fingerprint density at radius 1 is 1.37 bits per heavy atom. The van der Waals surface area contributed by atoms with Crippen LogP contribution in [0.25, 0.3) is 0 Å². The molecule has 0 bridgehead atoms. The molecule has 2 unspecified atom stereocenters. The average Bonchev–Trinajstić information content (AvgIpc) is 2.44. The average molecular weight is 262 g/mol. The molecule has 19 heavy (non-hydrogen) atoms. The van der Waals surface area contributed by atoms with E-state index in [2.05, 4.69) is 5.32 Å². The smallest absolute Gasteiger partial charge is 0.124 e. The first-order chi connectivity index (χ1) is 9.22. The number of benzene rings is 1. The van der Waals surface area contributed by atoms with Gasteiger partial charge in [0.1, 0.15) is 5.82 Å². The topological polar surface area (TPSA) is 45.0 Å². The van der Waals surface area contributed by atoms with Crippen molar-refractivity contribution in [3.05, 3.63) is 35.1 Å². The lowest BCUT2D eigenvalue weighted by Gasteiger charge is -2.31. The number of ether oxygens (including phenoxy) is 1. The fraction of sp³-hybridized carbons (Fsp3) is 0.533. The third kappa shape index (κ3) is 3.76. The van der Waals surface area contributed by atoms with Gasteiger partial charge in [0.25, 0.3) is 0 Å². The summed E-state index contributed by atoms with van der Waals surface area (Å²) in [6, 6.07) is 6.68. The maximum atomic E-state index is 13.3. The van der Waals surface area contributed by atoms with Crippen LogP contribution in [0.15, 0.2) is 18.2 Å². The summed E-state index contributed by atoms with van der Waals surface area (Å²) in [6.45, 7) is 0.356. The normalized spacial score (nSPS) is 23.0. The van der Waals surface area contributed by atoms with Gasteiger partial charge in [-0.05, 0) is 43.7 Å². The van der Waals surface area contributed by atoms with E-state index in [9.17, 15) is 4.39 Å². The summed E-state index contributed by atoms with van der Waals surface area (Å²) in [4.78, 5) is 0. The number of halogens is 1. The summed E-state index contributed by atoms with van der Waals surface area (Å²) in [6.07, 6.45) is 4.73. The van der Waals surface area contributed by atoms with Crippen LogP contribution in [-0.4, -0.2) is 19.2 Å². The maximum absolute atomic E-state index is 13.3. The molecule has 1 saturated carbocycles. The van der Waals surface area contributed by atoms with Gasteiger partial charge in [0, 0.05) is 6.04 Å². The van der Waals surface area contributed by atoms with Crippen LogP contribution in [0.2, 0.25) is 0 Å². The highest BCUT2D eigenvalue weighted by Gasteiger charge is 2.24. The summed E-state index contributed by atoms with van der Waals surface area (Å²) >= 11 is 0. The standard InChI is InChI=1S/C15H19FN2O/c1-18-14-4-2-3-5-15(14)19-10-12-6-11(9-17)7-13(16)8-12/h6-8,14-15,18H,2-5,10H2,1H3. The van der Waals surface area contributed by atoms with Crippen molar-refractivity contribution in [2.24, 2.45) is 0 Å². The summed E-state index contributed by atoms with van der Waals surface area (Å²) < 4.78 is 19.2. The molecule has 1 fully saturated rings. The number of hydrogen-bond acceptors (Lipinski definition) is 3. The number of nitrogens with zero attached hydrogens (tertiary/aromatic N) is 1. The number of hydrogen-bond donors (Lipinski definition) is 1. The molecule has 0 aromatic heterocycles. The van der Waals surface area contributed by atoms with Gasteiger partial charge in [0.2, 0.25) is 0 Å². The minimum Gasteiger partial charge on any atom is -0.372 e. The molecule has 4 heteroatoms. The lowest BCUT2D eigenvalue weighted by atomic mass is 9.92. The predicted octanol–water partition coefficient (Wildman–Crippen LogP) is 2.74. The Labute approximate surface area is 113 Å². The van der Waals surface area contributed by atoms with E-state index < -0.39 is 0 Å². The van der Waals surface area contributed by atoms with Crippen LogP contribution in [-0.2, 0) is 11.3 Å². The number of nitriles is 1. The van der Waals surface area contributed by atoms with Gasteiger partial charge < -0.3 is 10.1 Å². The van der Waals surface area contributed by atoms with Gasteiger partial charge in [0.05, 0.1) is 24.3 Å². The lowest BCUT2D eigenvalue weighted by molar-refractivity contribution is -0.00370. The van der Waals surface area contributed by atoms with Crippen LogP contribution < -0.4 is 5.32 Å². The van der Waals surface area contributed by atoms with Gasteiger partial charge in [-0.3, -0.25) is 0 Å². The van der Waals surface area contributed by atoms with E-state index in [4.69, 9.17) is 10.00 Å². The summed E-state index contributed by atoms with van der Waals surface area (Å²) in [5.41, 5.74) is 1.06. The fourth-order valence-corrected chi connectivity index (χ4v) is 2.63. The molecule has 0 amide bonds. The zero-order valence-corrected chi connectivity index (χ0v) is 11.2. The zero-order valence-electron chi connectivity index (χ0n) is 11.2. The van der Waals surface area contributed by atoms with Crippen molar-refractivity contribution in [1.82, 2.24) is 5.32 Å². The Hall–Kier alpha value is -1.44. The SMILES string of the molecule is CNC1CCCCC1OCc1cc(F)cc(C#N)c1. The molecule has 0 heterocycles. The van der Waals surface area contributed by atoms with Gasteiger partial charge in [-0.1, -0.05) is 12.8 Å². The molecule has 0 spiro atoms. The van der Waals surface area contributed by atoms with Crippen LogP contribution in [0.3, 0.4) is 0 Å². The number of nitrogens with one attached hydrogen (secondary N) is 1. The van der Waals surface area contributed by atoms with Crippen LogP contribution in [0, 0.1) is 17.1 Å². The second kappa shape index (κ2) is 6.65. The van der Waals surface area contributed by atoms with Gasteiger partial charge >= 0.3 is 0 Å². The quantitative estimate of drug-likeness (QED) is 0.907. The van der Waals surface area contributed by atoms with Crippen molar-refractivity contribution < 1.29 is 9.13 Å². The van der Waals surface area contributed by atoms with Crippen molar-refractivity contribution in [2.45, 2.75) is 44.4 Å². The molecule has 0 aliphatic heterocycles. The largest absolute Gasteiger partial charge is 0.372 e. The Balaban J connectivity index is 1.98. The van der Waals surface area contributed by atoms with E-state index in [1.54, 1.807) is 6.07 Å². The Bertz CT molecular complexity index is 470. The summed E-state index contributed by atoms with van der Waals surface area (Å²) in [7, 11) is 1.95. The monoisotopic (exact) mass is 262 g/mol. The van der Waals surface area contributed by atoms with Crippen molar-refractivity contribution in [1.29, 1.82) is 5.26 Å². The predicted molar refractivity (Wildman–Crippen MR) is 71.0 cm³/mol. The molecule has 3 nitrogen and oxygen atoms in total. The summed E-state index contributed by atoms with van der Waals surface area (Å²) in [5, 5.41) is 12.1. The van der Waals surface area contributed by atoms with Crippen LogP contribution in [0.4, 0.5) is 4.39 Å². The molecule has 1 N–H and O–H groups in total. The zero-order chi connectivity index (χ0) is 13.7. The molecular formula is C15H19FN2O. The second-order valence-electron chi connectivity index (χ2n) is 4.99. The molecule has 1 aliphatic carbocycles. The molecule has 1 aromatic rings. The van der Waals surface area contributed by atoms with Crippen molar-refractivity contribution in [3.8, 4) is 6.07 Å². The fourth-order valence-electron chi connectivity index (χ4n) is 2.63. The molecule has 0 saturated heterocycles. The summed E-state index contributed by atoms with van der Waals surface area (Å²) in [5.74, 6) is -0.383. The van der Waals surface area contributed by atoms with Crippen molar-refractivity contribution in [3.63, 3.8) is 0 Å². The van der Waals surface area contributed by atoms with Crippen molar-refractivity contribution in [2.75, 3.05) is 7.05 Å². The molecule has 2 atom stereocenters. The first-order valence-electron chi connectivity index (χ1n) is 6.71. The maximum Gasteiger partial charge on any atom is 0.124 e. The van der Waals surface area contributed by atoms with E-state index >= 15 is 0 Å². The van der Waals surface area contributed by atoms with Gasteiger partial charge in [-0.2, -0.15) is 5.26 Å². The Morgan fingerprint density at radius 3 is 2.89 bits per heavy atom. The third-order valence-electron chi connectivity index (χ3n) is 3.62. The van der Waals surface area contributed by atoms with E-state index in [-0.39, 0.29) is 11.9 Å². The molecule has 1 aromatic carbocycles. The highest BCUT2D eigenvalue weighted by atomic mass is 19.1. The molecule has 1 aliphatic rings. The van der Waals surface area contributed by atoms with E-state index in [0.717, 1.165) is 18.4 Å². The van der Waals surface area contributed by atoms with Gasteiger partial charge in [-0.25, -0.2) is 4.39 Å². The Morgan fingerprint density at radius 2 is 2.16 bits per heavy atom. The van der Waals surface area contributed by atoms with Gasteiger partial charge in [-0.15, -0.1) is 0 Å². The van der Waals surface area contributed by atoms with Crippen LogP contribution >= 0.6 is 0 Å². The van der Waals surface area contributed by atoms with Crippen LogP contribution in [0.5, 0.6) is 0 Å². The molecule has 102 valence electrons. The van der Waals surface area contributed by atoms with E-state index in [1.165, 1.54) is 25.0 Å². The highest BCUT2D eigenvalue weighted by molar-refractivity contribution is 5.33. The highest BCUT2D eigenvalue weighted by Crippen LogP contribution is 2.22. The molecule has 2 rings (SSSR count). The minimum absolute atomic E-state index is 0.174. The first kappa shape index (κ1) is 14.0. The number of likely N-dealkylation sites (N-methyl/N-ethyl adjacent to an activating group) is 1. The lowest BCUT2D eigenvalue weighted by Crippen LogP contribution is -2.41.